The van der Waals surface area contributed by atoms with Gasteiger partial charge in [-0.05, 0) is 70.0 Å². The number of rotatable bonds is 6. The number of nitrogens with one attached hydrogen (secondary N) is 2. The Morgan fingerprint density at radius 2 is 1.67 bits per heavy atom. The SMILES string of the molecule is CC(C)(C)OC(=O)NCc1cccc(CNC(=O)[C@H]2CC[C@H](CN)CC2)c1. The highest BCUT2D eigenvalue weighted by Crippen LogP contribution is 2.28. The van der Waals surface area contributed by atoms with Crippen LogP contribution in [0.1, 0.15) is 57.6 Å². The summed E-state index contributed by atoms with van der Waals surface area (Å²) >= 11 is 0. The fraction of sp³-hybridized carbons (Fsp3) is 0.619. The smallest absolute Gasteiger partial charge is 0.407 e. The molecule has 0 atom stereocenters. The molecular weight excluding hydrogens is 342 g/mol. The molecule has 1 saturated carbocycles. The third-order valence-electron chi connectivity index (χ3n) is 4.84. The van der Waals surface area contributed by atoms with Gasteiger partial charge in [0.1, 0.15) is 5.60 Å². The molecule has 0 bridgehead atoms. The highest BCUT2D eigenvalue weighted by atomic mass is 16.6. The maximum Gasteiger partial charge on any atom is 0.407 e. The molecule has 0 radical (unpaired) electrons. The van der Waals surface area contributed by atoms with E-state index in [1.165, 1.54) is 0 Å². The van der Waals surface area contributed by atoms with Crippen molar-refractivity contribution in [1.29, 1.82) is 0 Å². The quantitative estimate of drug-likeness (QED) is 0.712. The van der Waals surface area contributed by atoms with Crippen LogP contribution in [0.5, 0.6) is 0 Å². The van der Waals surface area contributed by atoms with Crippen molar-refractivity contribution in [3.63, 3.8) is 0 Å². The number of nitrogens with two attached hydrogens (primary N) is 1. The number of hydrogen-bond donors (Lipinski definition) is 3. The normalized spacial score (nSPS) is 20.0. The molecule has 150 valence electrons. The van der Waals surface area contributed by atoms with Crippen LogP contribution in [0.4, 0.5) is 4.79 Å². The molecule has 1 aliphatic rings. The summed E-state index contributed by atoms with van der Waals surface area (Å²) in [5, 5.41) is 5.79. The maximum absolute atomic E-state index is 12.4. The number of ether oxygens (including phenoxy) is 1. The van der Waals surface area contributed by atoms with Gasteiger partial charge in [-0.3, -0.25) is 4.79 Å². The van der Waals surface area contributed by atoms with Crippen molar-refractivity contribution in [2.45, 2.75) is 65.1 Å². The molecule has 1 aromatic rings. The topological polar surface area (TPSA) is 93.5 Å². The molecule has 0 saturated heterocycles. The van der Waals surface area contributed by atoms with Crippen molar-refractivity contribution in [2.24, 2.45) is 17.6 Å². The molecule has 6 heteroatoms. The van der Waals surface area contributed by atoms with Gasteiger partial charge < -0.3 is 21.1 Å². The third kappa shape index (κ3) is 7.59. The average Bonchev–Trinajstić information content (AvgIpc) is 2.63. The van der Waals surface area contributed by atoms with Crippen LogP contribution in [0.15, 0.2) is 24.3 Å². The number of benzene rings is 1. The zero-order valence-electron chi connectivity index (χ0n) is 16.7. The first-order valence-corrected chi connectivity index (χ1v) is 9.79. The van der Waals surface area contributed by atoms with E-state index in [-0.39, 0.29) is 11.8 Å². The summed E-state index contributed by atoms with van der Waals surface area (Å²) in [5.74, 6) is 0.802. The molecule has 0 aliphatic heterocycles. The molecule has 0 unspecified atom stereocenters. The van der Waals surface area contributed by atoms with Crippen LogP contribution in [0, 0.1) is 11.8 Å². The lowest BCUT2D eigenvalue weighted by molar-refractivity contribution is -0.126. The molecule has 2 rings (SSSR count). The summed E-state index contributed by atoms with van der Waals surface area (Å²) in [7, 11) is 0. The molecule has 1 fully saturated rings. The lowest BCUT2D eigenvalue weighted by Gasteiger charge is -2.26. The zero-order valence-corrected chi connectivity index (χ0v) is 16.7. The van der Waals surface area contributed by atoms with Gasteiger partial charge >= 0.3 is 6.09 Å². The highest BCUT2D eigenvalue weighted by molar-refractivity contribution is 5.78. The fourth-order valence-electron chi connectivity index (χ4n) is 3.33. The van der Waals surface area contributed by atoms with Crippen molar-refractivity contribution >= 4 is 12.0 Å². The summed E-state index contributed by atoms with van der Waals surface area (Å²) in [6.45, 7) is 7.10. The van der Waals surface area contributed by atoms with Crippen LogP contribution < -0.4 is 16.4 Å². The van der Waals surface area contributed by atoms with Gasteiger partial charge in [-0.25, -0.2) is 4.79 Å². The number of hydrogen-bond acceptors (Lipinski definition) is 4. The molecule has 2 amide bonds. The Kier molecular flexibility index (Phi) is 7.66. The Bertz CT molecular complexity index is 632. The van der Waals surface area contributed by atoms with E-state index in [1.54, 1.807) is 0 Å². The van der Waals surface area contributed by atoms with E-state index < -0.39 is 11.7 Å². The van der Waals surface area contributed by atoms with Crippen LogP contribution in [0.25, 0.3) is 0 Å². The Balaban J connectivity index is 1.78. The Labute approximate surface area is 162 Å². The minimum atomic E-state index is -0.514. The average molecular weight is 376 g/mol. The van der Waals surface area contributed by atoms with E-state index in [4.69, 9.17) is 10.5 Å². The largest absolute Gasteiger partial charge is 0.444 e. The minimum absolute atomic E-state index is 0.102. The van der Waals surface area contributed by atoms with Gasteiger partial charge in [-0.15, -0.1) is 0 Å². The standard InChI is InChI=1S/C21H33N3O3/c1-21(2,3)27-20(26)24-14-17-6-4-5-16(11-17)13-23-19(25)18-9-7-15(12-22)8-10-18/h4-6,11,15,18H,7-10,12-14,22H2,1-3H3,(H,23,25)(H,24,26)/t15-,18-. The van der Waals surface area contributed by atoms with Crippen LogP contribution in [-0.4, -0.2) is 24.1 Å². The third-order valence-corrected chi connectivity index (χ3v) is 4.84. The first-order valence-electron chi connectivity index (χ1n) is 9.79. The number of carbonyl (C=O) groups is 2. The van der Waals surface area contributed by atoms with E-state index in [0.29, 0.717) is 19.0 Å². The van der Waals surface area contributed by atoms with Gasteiger partial charge in [-0.2, -0.15) is 0 Å². The van der Waals surface area contributed by atoms with E-state index in [2.05, 4.69) is 10.6 Å². The molecular formula is C21H33N3O3. The van der Waals surface area contributed by atoms with Gasteiger partial charge in [-0.1, -0.05) is 24.3 Å². The van der Waals surface area contributed by atoms with Gasteiger partial charge in [0.2, 0.25) is 5.91 Å². The molecule has 27 heavy (non-hydrogen) atoms. The Hall–Kier alpha value is -2.08. The molecule has 0 aromatic heterocycles. The second-order valence-electron chi connectivity index (χ2n) is 8.35. The molecule has 6 nitrogen and oxygen atoms in total. The van der Waals surface area contributed by atoms with Crippen molar-refractivity contribution in [3.05, 3.63) is 35.4 Å². The first-order chi connectivity index (χ1) is 12.8. The lowest BCUT2D eigenvalue weighted by Crippen LogP contribution is -2.34. The Morgan fingerprint density at radius 1 is 1.07 bits per heavy atom. The maximum atomic E-state index is 12.4. The molecule has 4 N–H and O–H groups in total. The van der Waals surface area contributed by atoms with Gasteiger partial charge in [0.05, 0.1) is 0 Å². The molecule has 0 heterocycles. The summed E-state index contributed by atoms with van der Waals surface area (Å²) in [6.07, 6.45) is 3.50. The van der Waals surface area contributed by atoms with Crippen LogP contribution in [0.3, 0.4) is 0 Å². The number of carbonyl (C=O) groups excluding carboxylic acids is 2. The monoisotopic (exact) mass is 375 g/mol. The van der Waals surface area contributed by atoms with E-state index in [9.17, 15) is 9.59 Å². The van der Waals surface area contributed by atoms with Gasteiger partial charge in [0.25, 0.3) is 0 Å². The van der Waals surface area contributed by atoms with Crippen molar-refractivity contribution in [1.82, 2.24) is 10.6 Å². The molecule has 1 aromatic carbocycles. The summed E-state index contributed by atoms with van der Waals surface area (Å²) in [6, 6.07) is 7.84. The van der Waals surface area contributed by atoms with E-state index in [0.717, 1.165) is 43.4 Å². The van der Waals surface area contributed by atoms with Crippen molar-refractivity contribution < 1.29 is 14.3 Å². The summed E-state index contributed by atoms with van der Waals surface area (Å²) in [4.78, 5) is 24.1. The highest BCUT2D eigenvalue weighted by Gasteiger charge is 2.25. The van der Waals surface area contributed by atoms with E-state index in [1.807, 2.05) is 45.0 Å². The van der Waals surface area contributed by atoms with Gasteiger partial charge in [0, 0.05) is 19.0 Å². The Morgan fingerprint density at radius 3 is 2.22 bits per heavy atom. The van der Waals surface area contributed by atoms with Crippen molar-refractivity contribution in [3.8, 4) is 0 Å². The van der Waals surface area contributed by atoms with Crippen LogP contribution >= 0.6 is 0 Å². The van der Waals surface area contributed by atoms with Crippen LogP contribution in [0.2, 0.25) is 0 Å². The van der Waals surface area contributed by atoms with Crippen molar-refractivity contribution in [2.75, 3.05) is 6.54 Å². The predicted molar refractivity (Wildman–Crippen MR) is 106 cm³/mol. The summed E-state index contributed by atoms with van der Waals surface area (Å²) < 4.78 is 5.24. The van der Waals surface area contributed by atoms with Crippen LogP contribution in [-0.2, 0) is 22.6 Å². The zero-order chi connectivity index (χ0) is 19.9. The fourth-order valence-corrected chi connectivity index (χ4v) is 3.33. The van der Waals surface area contributed by atoms with E-state index >= 15 is 0 Å². The predicted octanol–water partition coefficient (Wildman–Crippen LogP) is 3.09. The lowest BCUT2D eigenvalue weighted by atomic mass is 9.81. The second-order valence-corrected chi connectivity index (χ2v) is 8.35. The molecule has 0 spiro atoms. The second kappa shape index (κ2) is 9.74. The minimum Gasteiger partial charge on any atom is -0.444 e. The molecule has 1 aliphatic carbocycles. The number of alkyl carbamates (subject to hydrolysis) is 1. The summed E-state index contributed by atoms with van der Waals surface area (Å²) in [5.41, 5.74) is 7.18. The van der Waals surface area contributed by atoms with Gasteiger partial charge in [0.15, 0.2) is 0 Å². The number of amides is 2. The first kappa shape index (κ1) is 21.2.